The van der Waals surface area contributed by atoms with Crippen molar-refractivity contribution in [3.8, 4) is 0 Å². The summed E-state index contributed by atoms with van der Waals surface area (Å²) < 4.78 is 3.12. The van der Waals surface area contributed by atoms with Gasteiger partial charge in [0.05, 0.1) is 0 Å². The van der Waals surface area contributed by atoms with Gasteiger partial charge in [-0.3, -0.25) is 0 Å². The van der Waals surface area contributed by atoms with Crippen LogP contribution in [0.25, 0.3) is 9.65 Å². The van der Waals surface area contributed by atoms with Crippen molar-refractivity contribution in [2.24, 2.45) is 0 Å². The van der Waals surface area contributed by atoms with Crippen LogP contribution < -0.4 is 5.19 Å². The summed E-state index contributed by atoms with van der Waals surface area (Å²) in [7, 11) is -1.12. The Morgan fingerprint density at radius 3 is 2.43 bits per heavy atom. The normalized spacial score (nSPS) is 12.3. The first kappa shape index (κ1) is 10.2. The van der Waals surface area contributed by atoms with E-state index in [0.717, 1.165) is 0 Å². The Labute approximate surface area is 92.7 Å². The van der Waals surface area contributed by atoms with Crippen molar-refractivity contribution < 1.29 is 0 Å². The van der Waals surface area contributed by atoms with E-state index in [4.69, 9.17) is 0 Å². The molecule has 1 aromatic carbocycles. The maximum absolute atomic E-state index is 2.42. The van der Waals surface area contributed by atoms with Crippen LogP contribution in [-0.4, -0.2) is 22.6 Å². The first-order valence-corrected chi connectivity index (χ1v) is 10.2. The third-order valence-corrected chi connectivity index (χ3v) is 6.71. The molecular weight excluding hydrogens is 251 g/mol. The molecule has 0 N–H and O–H groups in total. The fourth-order valence-corrected chi connectivity index (χ4v) is 4.71. The summed E-state index contributed by atoms with van der Waals surface area (Å²) in [6.07, 6.45) is 0. The van der Waals surface area contributed by atoms with Crippen molar-refractivity contribution in [1.29, 1.82) is 0 Å². The van der Waals surface area contributed by atoms with E-state index in [1.807, 2.05) is 0 Å². The van der Waals surface area contributed by atoms with Crippen LogP contribution in [0.5, 0.6) is 0 Å². The Bertz CT molecular complexity index is 463. The minimum atomic E-state index is -1.12. The van der Waals surface area contributed by atoms with Crippen molar-refractivity contribution in [3.63, 3.8) is 0 Å². The van der Waals surface area contributed by atoms with E-state index in [1.165, 1.54) is 5.39 Å². The van der Waals surface area contributed by atoms with Gasteiger partial charge in [-0.05, 0) is 0 Å². The quantitative estimate of drug-likeness (QED) is 0.697. The van der Waals surface area contributed by atoms with Crippen molar-refractivity contribution in [3.05, 3.63) is 28.7 Å². The number of hydrogen-bond acceptors (Lipinski definition) is 0. The summed E-state index contributed by atoms with van der Waals surface area (Å²) in [6, 6.07) is 9.47. The second-order valence-electron chi connectivity index (χ2n) is 4.86. The fraction of sp³-hybridized carbons (Fsp3) is 0.333. The summed E-state index contributed by atoms with van der Waals surface area (Å²) in [5.74, 6) is 0. The Morgan fingerprint density at radius 2 is 1.79 bits per heavy atom. The van der Waals surface area contributed by atoms with E-state index >= 15 is 0 Å². The topological polar surface area (TPSA) is 0 Å². The van der Waals surface area contributed by atoms with Crippen molar-refractivity contribution in [2.75, 3.05) is 0 Å². The van der Waals surface area contributed by atoms with Crippen LogP contribution in [0.3, 0.4) is 0 Å². The van der Waals surface area contributed by atoms with E-state index in [2.05, 4.69) is 50.8 Å². The summed E-state index contributed by atoms with van der Waals surface area (Å²) in [6.45, 7) is 9.47. The van der Waals surface area contributed by atoms with Crippen LogP contribution >= 0.6 is 0 Å². The molecule has 0 saturated heterocycles. The molecule has 74 valence electrons. The van der Waals surface area contributed by atoms with Gasteiger partial charge < -0.3 is 0 Å². The van der Waals surface area contributed by atoms with Crippen LogP contribution in [0.15, 0.2) is 24.3 Å². The number of rotatable bonds is 1. The molecule has 2 aromatic rings. The summed E-state index contributed by atoms with van der Waals surface area (Å²) in [5.41, 5.74) is 0. The predicted molar refractivity (Wildman–Crippen MR) is 68.6 cm³/mol. The SMILES string of the molecule is Cc1cc2cc([Si](C)(C)C)ccc2[se]1. The molecular formula is C12H16SeSi. The predicted octanol–water partition coefficient (Wildman–Crippen LogP) is 2.75. The number of fused-ring (bicyclic) bond motifs is 1. The third-order valence-electron chi connectivity index (χ3n) is 2.51. The van der Waals surface area contributed by atoms with Gasteiger partial charge in [0.25, 0.3) is 0 Å². The molecule has 0 aliphatic carbocycles. The van der Waals surface area contributed by atoms with E-state index in [0.29, 0.717) is 14.5 Å². The number of aryl methyl sites for hydroxylation is 1. The van der Waals surface area contributed by atoms with Gasteiger partial charge in [0, 0.05) is 0 Å². The van der Waals surface area contributed by atoms with Gasteiger partial charge in [0.2, 0.25) is 0 Å². The summed E-state index contributed by atoms with van der Waals surface area (Å²) in [4.78, 5) is 0. The monoisotopic (exact) mass is 268 g/mol. The van der Waals surface area contributed by atoms with Crippen molar-refractivity contribution in [2.45, 2.75) is 26.6 Å². The first-order valence-electron chi connectivity index (χ1n) is 4.97. The Kier molecular flexibility index (Phi) is 2.46. The van der Waals surface area contributed by atoms with Gasteiger partial charge in [0.1, 0.15) is 0 Å². The molecule has 2 rings (SSSR count). The summed E-state index contributed by atoms with van der Waals surface area (Å²) >= 11 is 0.604. The van der Waals surface area contributed by atoms with Crippen molar-refractivity contribution >= 4 is 37.4 Å². The number of hydrogen-bond donors (Lipinski definition) is 0. The second-order valence-corrected chi connectivity index (χ2v) is 12.6. The van der Waals surface area contributed by atoms with Gasteiger partial charge in [0.15, 0.2) is 0 Å². The molecule has 0 atom stereocenters. The Balaban J connectivity index is 2.62. The molecule has 0 nitrogen and oxygen atoms in total. The molecule has 0 aliphatic rings. The molecule has 1 heterocycles. The molecule has 2 heteroatoms. The molecule has 0 unspecified atom stereocenters. The van der Waals surface area contributed by atoms with Gasteiger partial charge >= 0.3 is 92.7 Å². The standard InChI is InChI=1S/C12H16SeSi/c1-9-7-10-8-11(14(2,3)4)5-6-12(10)13-9/h5-8H,1-4H3. The Morgan fingerprint density at radius 1 is 1.07 bits per heavy atom. The van der Waals surface area contributed by atoms with E-state index in [-0.39, 0.29) is 0 Å². The molecule has 0 fully saturated rings. The van der Waals surface area contributed by atoms with E-state index in [1.54, 1.807) is 13.9 Å². The summed E-state index contributed by atoms with van der Waals surface area (Å²) in [5, 5.41) is 3.07. The minimum absolute atomic E-state index is 0.604. The molecule has 0 amide bonds. The average Bonchev–Trinajstić information content (AvgIpc) is 2.41. The molecule has 0 radical (unpaired) electrons. The van der Waals surface area contributed by atoms with Crippen LogP contribution in [0.4, 0.5) is 0 Å². The molecule has 1 aromatic heterocycles. The van der Waals surface area contributed by atoms with Gasteiger partial charge in [-0.1, -0.05) is 0 Å². The van der Waals surface area contributed by atoms with E-state index < -0.39 is 8.07 Å². The third kappa shape index (κ3) is 1.88. The van der Waals surface area contributed by atoms with Crippen LogP contribution in [0.1, 0.15) is 4.44 Å². The molecule has 14 heavy (non-hydrogen) atoms. The molecule has 0 bridgehead atoms. The van der Waals surface area contributed by atoms with Crippen LogP contribution in [-0.2, 0) is 0 Å². The molecule has 0 aliphatic heterocycles. The fourth-order valence-electron chi connectivity index (χ4n) is 1.64. The van der Waals surface area contributed by atoms with Gasteiger partial charge in [-0.15, -0.1) is 0 Å². The Hall–Kier alpha value is -0.304. The van der Waals surface area contributed by atoms with Gasteiger partial charge in [-0.25, -0.2) is 0 Å². The zero-order valence-corrected chi connectivity index (χ0v) is 11.9. The molecule has 0 saturated carbocycles. The van der Waals surface area contributed by atoms with Gasteiger partial charge in [-0.2, -0.15) is 0 Å². The first-order chi connectivity index (χ1) is 6.47. The molecule has 0 spiro atoms. The second kappa shape index (κ2) is 3.37. The van der Waals surface area contributed by atoms with Crippen LogP contribution in [0, 0.1) is 6.92 Å². The number of benzene rings is 1. The maximum atomic E-state index is 2.42. The van der Waals surface area contributed by atoms with Crippen LogP contribution in [0.2, 0.25) is 19.6 Å². The van der Waals surface area contributed by atoms with Crippen molar-refractivity contribution in [1.82, 2.24) is 0 Å². The zero-order chi connectivity index (χ0) is 10.3. The van der Waals surface area contributed by atoms with E-state index in [9.17, 15) is 0 Å². The average molecular weight is 267 g/mol. The zero-order valence-electron chi connectivity index (χ0n) is 9.22.